The van der Waals surface area contributed by atoms with Gasteiger partial charge in [0.2, 0.25) is 5.95 Å². The molecular formula is C25H26FN5O3S. The van der Waals surface area contributed by atoms with Crippen molar-refractivity contribution in [3.05, 3.63) is 66.7 Å². The Bertz CT molecular complexity index is 1440. The van der Waals surface area contributed by atoms with Gasteiger partial charge in [0.25, 0.3) is 0 Å². The molecule has 1 saturated heterocycles. The predicted molar refractivity (Wildman–Crippen MR) is 132 cm³/mol. The molecule has 4 aromatic rings. The van der Waals surface area contributed by atoms with Gasteiger partial charge in [-0.3, -0.25) is 0 Å². The molecule has 1 fully saturated rings. The summed E-state index contributed by atoms with van der Waals surface area (Å²) in [7, 11) is -3.28. The molecule has 3 aromatic heterocycles. The van der Waals surface area contributed by atoms with Gasteiger partial charge in [0.1, 0.15) is 17.7 Å². The molecule has 2 atom stereocenters. The van der Waals surface area contributed by atoms with Gasteiger partial charge in [0.15, 0.2) is 16.0 Å². The molecule has 5 rings (SSSR count). The van der Waals surface area contributed by atoms with Gasteiger partial charge in [-0.2, -0.15) is 0 Å². The number of sulfone groups is 1. The van der Waals surface area contributed by atoms with Gasteiger partial charge in [-0.1, -0.05) is 6.92 Å². The third-order valence-corrected chi connectivity index (χ3v) is 7.32. The Morgan fingerprint density at radius 2 is 1.89 bits per heavy atom. The van der Waals surface area contributed by atoms with E-state index in [1.165, 1.54) is 6.26 Å². The minimum Gasteiger partial charge on any atom is -0.486 e. The van der Waals surface area contributed by atoms with E-state index in [4.69, 9.17) is 4.74 Å². The molecule has 35 heavy (non-hydrogen) atoms. The van der Waals surface area contributed by atoms with Gasteiger partial charge < -0.3 is 14.2 Å². The van der Waals surface area contributed by atoms with Crippen LogP contribution in [0.25, 0.3) is 16.7 Å². The Hall–Kier alpha value is -3.53. The SMILES string of the molecule is CCc1cnc(N2CC[C@@H](Oc3ccc(-n4ccc5cc(S(C)(=O)=O)ccc54)nc3)[C@@H](F)C2)nc1. The highest BCUT2D eigenvalue weighted by Gasteiger charge is 2.32. The Morgan fingerprint density at radius 1 is 1.09 bits per heavy atom. The lowest BCUT2D eigenvalue weighted by Crippen LogP contribution is -2.47. The zero-order valence-electron chi connectivity index (χ0n) is 19.5. The number of nitrogens with zero attached hydrogens (tertiary/aromatic N) is 5. The summed E-state index contributed by atoms with van der Waals surface area (Å²) in [5.74, 6) is 1.69. The Morgan fingerprint density at radius 3 is 2.54 bits per heavy atom. The number of rotatable bonds is 6. The summed E-state index contributed by atoms with van der Waals surface area (Å²) < 4.78 is 46.4. The van der Waals surface area contributed by atoms with Crippen molar-refractivity contribution in [2.24, 2.45) is 0 Å². The molecule has 0 unspecified atom stereocenters. The number of ether oxygens (including phenoxy) is 1. The lowest BCUT2D eigenvalue weighted by molar-refractivity contribution is 0.0813. The largest absolute Gasteiger partial charge is 0.486 e. The first-order valence-electron chi connectivity index (χ1n) is 11.5. The number of anilines is 1. The van der Waals surface area contributed by atoms with Crippen molar-refractivity contribution in [3.63, 3.8) is 0 Å². The number of halogens is 1. The zero-order valence-corrected chi connectivity index (χ0v) is 20.3. The molecule has 0 saturated carbocycles. The van der Waals surface area contributed by atoms with Crippen LogP contribution >= 0.6 is 0 Å². The molecule has 4 heterocycles. The molecule has 0 bridgehead atoms. The maximum atomic E-state index is 14.9. The first-order valence-corrected chi connectivity index (χ1v) is 13.3. The maximum Gasteiger partial charge on any atom is 0.225 e. The van der Waals surface area contributed by atoms with Crippen molar-refractivity contribution in [1.29, 1.82) is 0 Å². The van der Waals surface area contributed by atoms with Crippen LogP contribution < -0.4 is 9.64 Å². The van der Waals surface area contributed by atoms with Crippen LogP contribution in [0, 0.1) is 0 Å². The maximum absolute atomic E-state index is 14.9. The van der Waals surface area contributed by atoms with Crippen LogP contribution in [-0.2, 0) is 16.3 Å². The molecule has 1 aromatic carbocycles. The van der Waals surface area contributed by atoms with Gasteiger partial charge in [0, 0.05) is 43.2 Å². The van der Waals surface area contributed by atoms with Gasteiger partial charge in [-0.25, -0.2) is 27.8 Å². The van der Waals surface area contributed by atoms with Crippen LogP contribution in [0.3, 0.4) is 0 Å². The van der Waals surface area contributed by atoms with E-state index in [0.717, 1.165) is 22.9 Å². The highest BCUT2D eigenvalue weighted by atomic mass is 32.2. The summed E-state index contributed by atoms with van der Waals surface area (Å²) in [5, 5.41) is 0.801. The predicted octanol–water partition coefficient (Wildman–Crippen LogP) is 3.78. The molecule has 0 amide bonds. The third-order valence-electron chi connectivity index (χ3n) is 6.21. The van der Waals surface area contributed by atoms with Crippen LogP contribution in [0.5, 0.6) is 5.75 Å². The lowest BCUT2D eigenvalue weighted by atomic mass is 10.1. The first kappa shape index (κ1) is 23.2. The van der Waals surface area contributed by atoms with Crippen molar-refractivity contribution in [2.75, 3.05) is 24.2 Å². The van der Waals surface area contributed by atoms with E-state index in [1.54, 1.807) is 48.9 Å². The molecule has 8 nitrogen and oxygen atoms in total. The summed E-state index contributed by atoms with van der Waals surface area (Å²) in [5.41, 5.74) is 1.88. The molecular weight excluding hydrogens is 469 g/mol. The Balaban J connectivity index is 1.26. The zero-order chi connectivity index (χ0) is 24.6. The molecule has 182 valence electrons. The number of hydrogen-bond donors (Lipinski definition) is 0. The third kappa shape index (κ3) is 4.84. The van der Waals surface area contributed by atoms with E-state index in [9.17, 15) is 12.8 Å². The number of fused-ring (bicyclic) bond motifs is 1. The monoisotopic (exact) mass is 495 g/mol. The van der Waals surface area contributed by atoms with E-state index < -0.39 is 22.1 Å². The summed E-state index contributed by atoms with van der Waals surface area (Å²) >= 11 is 0. The first-order chi connectivity index (χ1) is 16.8. The normalized spacial score (nSPS) is 18.7. The van der Waals surface area contributed by atoms with Crippen LogP contribution in [0.4, 0.5) is 10.3 Å². The standard InChI is InChI=1S/C25H26FN5O3S/c1-3-17-13-28-25(29-14-17)30-10-9-23(21(26)16-30)34-19-4-7-24(27-15-19)31-11-8-18-12-20(35(2,32)33)5-6-22(18)31/h4-8,11-15,21,23H,3,9-10,16H2,1-2H3/t21-,23+/m0/s1. The molecule has 0 aliphatic carbocycles. The highest BCUT2D eigenvalue weighted by Crippen LogP contribution is 2.26. The minimum absolute atomic E-state index is 0.173. The van der Waals surface area contributed by atoms with Crippen molar-refractivity contribution in [2.45, 2.75) is 36.9 Å². The number of aromatic nitrogens is 4. The van der Waals surface area contributed by atoms with E-state index in [1.807, 2.05) is 28.7 Å². The summed E-state index contributed by atoms with van der Waals surface area (Å²) in [6.07, 6.45) is 7.78. The second-order valence-corrected chi connectivity index (χ2v) is 10.7. The fourth-order valence-electron chi connectivity index (χ4n) is 4.20. The molecule has 10 heteroatoms. The number of hydrogen-bond acceptors (Lipinski definition) is 7. The summed E-state index contributed by atoms with van der Waals surface area (Å²) in [6.45, 7) is 2.82. The Kier molecular flexibility index (Phi) is 6.14. The van der Waals surface area contributed by atoms with Crippen molar-refractivity contribution >= 4 is 26.7 Å². The van der Waals surface area contributed by atoms with E-state index >= 15 is 0 Å². The number of benzene rings is 1. The Labute approximate surface area is 203 Å². The molecule has 1 aliphatic rings. The smallest absolute Gasteiger partial charge is 0.225 e. The van der Waals surface area contributed by atoms with Gasteiger partial charge in [-0.05, 0) is 48.4 Å². The fourth-order valence-corrected chi connectivity index (χ4v) is 4.86. The van der Waals surface area contributed by atoms with E-state index in [-0.39, 0.29) is 11.4 Å². The van der Waals surface area contributed by atoms with Crippen molar-refractivity contribution in [3.8, 4) is 11.6 Å². The number of piperidine rings is 1. The van der Waals surface area contributed by atoms with Crippen LogP contribution in [0.1, 0.15) is 18.9 Å². The summed E-state index contributed by atoms with van der Waals surface area (Å²) in [4.78, 5) is 15.3. The molecule has 0 radical (unpaired) electrons. The van der Waals surface area contributed by atoms with Crippen molar-refractivity contribution < 1.29 is 17.5 Å². The topological polar surface area (TPSA) is 90.2 Å². The molecule has 1 aliphatic heterocycles. The minimum atomic E-state index is -3.28. The fraction of sp³-hybridized carbons (Fsp3) is 0.320. The lowest BCUT2D eigenvalue weighted by Gasteiger charge is -2.34. The van der Waals surface area contributed by atoms with E-state index in [0.29, 0.717) is 30.5 Å². The second kappa shape index (κ2) is 9.26. The summed E-state index contributed by atoms with van der Waals surface area (Å²) in [6, 6.07) is 10.4. The van der Waals surface area contributed by atoms with E-state index in [2.05, 4.69) is 15.0 Å². The van der Waals surface area contributed by atoms with Gasteiger partial charge in [-0.15, -0.1) is 0 Å². The van der Waals surface area contributed by atoms with Gasteiger partial charge in [0.05, 0.1) is 23.2 Å². The van der Waals surface area contributed by atoms with Crippen LogP contribution in [0.2, 0.25) is 0 Å². The highest BCUT2D eigenvalue weighted by molar-refractivity contribution is 7.90. The number of alkyl halides is 1. The second-order valence-electron chi connectivity index (χ2n) is 8.68. The quantitative estimate of drug-likeness (QED) is 0.402. The van der Waals surface area contributed by atoms with Crippen molar-refractivity contribution in [1.82, 2.24) is 19.5 Å². The average Bonchev–Trinajstić information content (AvgIpc) is 3.29. The number of aryl methyl sites for hydroxylation is 1. The average molecular weight is 496 g/mol. The van der Waals surface area contributed by atoms with Crippen LogP contribution in [-0.4, -0.2) is 59.6 Å². The molecule has 0 N–H and O–H groups in total. The number of pyridine rings is 1. The van der Waals surface area contributed by atoms with Gasteiger partial charge >= 0.3 is 0 Å². The molecule has 0 spiro atoms. The van der Waals surface area contributed by atoms with Crippen LogP contribution in [0.15, 0.2) is 66.1 Å².